The van der Waals surface area contributed by atoms with E-state index in [-0.39, 0.29) is 12.5 Å². The third-order valence-corrected chi connectivity index (χ3v) is 5.70. The number of thioether (sulfide) groups is 1. The van der Waals surface area contributed by atoms with Gasteiger partial charge in [0.15, 0.2) is 0 Å². The maximum atomic E-state index is 12.7. The summed E-state index contributed by atoms with van der Waals surface area (Å²) in [6.07, 6.45) is 1.75. The fourth-order valence-electron chi connectivity index (χ4n) is 2.66. The van der Waals surface area contributed by atoms with E-state index in [9.17, 15) is 9.59 Å². The number of nitrogens with one attached hydrogen (secondary N) is 1. The first kappa shape index (κ1) is 22.0. The summed E-state index contributed by atoms with van der Waals surface area (Å²) in [5.74, 6) is 1.16. The van der Waals surface area contributed by atoms with E-state index in [1.165, 1.54) is 23.1 Å². The van der Waals surface area contributed by atoms with Gasteiger partial charge in [0.2, 0.25) is 5.91 Å². The molecule has 1 N–H and O–H groups in total. The van der Waals surface area contributed by atoms with Crippen molar-refractivity contribution in [2.24, 2.45) is 0 Å². The first-order valence-corrected chi connectivity index (χ1v) is 11.0. The van der Waals surface area contributed by atoms with Crippen molar-refractivity contribution in [3.8, 4) is 16.9 Å². The van der Waals surface area contributed by atoms with Crippen LogP contribution < -0.4 is 10.1 Å². The maximum absolute atomic E-state index is 12.7. The van der Waals surface area contributed by atoms with Gasteiger partial charge >= 0.3 is 5.97 Å². The normalized spacial score (nSPS) is 10.4. The average molecular weight is 420 g/mol. The van der Waals surface area contributed by atoms with E-state index in [2.05, 4.69) is 11.9 Å². The number of amides is 1. The van der Waals surface area contributed by atoms with Crippen LogP contribution in [0.2, 0.25) is 0 Å². The van der Waals surface area contributed by atoms with E-state index in [1.54, 1.807) is 13.0 Å². The molecule has 2 aromatic rings. The Morgan fingerprint density at radius 2 is 1.93 bits per heavy atom. The van der Waals surface area contributed by atoms with Gasteiger partial charge in [-0.05, 0) is 38.5 Å². The van der Waals surface area contributed by atoms with Crippen LogP contribution in [0.5, 0.6) is 5.75 Å². The molecule has 0 unspecified atom stereocenters. The number of rotatable bonds is 10. The molecular weight excluding hydrogens is 394 g/mol. The van der Waals surface area contributed by atoms with E-state index in [4.69, 9.17) is 9.47 Å². The molecule has 0 bridgehead atoms. The number of benzene rings is 1. The number of carbonyl (C=O) groups excluding carboxylic acids is 2. The number of thiophene rings is 1. The topological polar surface area (TPSA) is 64.6 Å². The number of esters is 1. The average Bonchev–Trinajstić information content (AvgIpc) is 2.99. The van der Waals surface area contributed by atoms with Crippen LogP contribution >= 0.6 is 23.1 Å². The lowest BCUT2D eigenvalue weighted by atomic mass is 10.0. The Balaban J connectivity index is 2.38. The molecule has 0 saturated heterocycles. The predicted molar refractivity (Wildman–Crippen MR) is 118 cm³/mol. The summed E-state index contributed by atoms with van der Waals surface area (Å²) in [6, 6.07) is 7.56. The molecular formula is C21H25NO4S2. The summed E-state index contributed by atoms with van der Waals surface area (Å²) in [4.78, 5) is 25.9. The molecule has 1 heterocycles. The van der Waals surface area contributed by atoms with Gasteiger partial charge in [0, 0.05) is 16.2 Å². The van der Waals surface area contributed by atoms with Crippen LogP contribution in [0.3, 0.4) is 0 Å². The molecule has 0 saturated carbocycles. The smallest absolute Gasteiger partial charge is 0.341 e. The molecule has 5 nitrogen and oxygen atoms in total. The highest BCUT2D eigenvalue weighted by Gasteiger charge is 2.25. The SMILES string of the molecule is C=CCSCC(=O)Nc1sc(C)c(-c2ccc(OCC)cc2)c1C(=O)OCC. The lowest BCUT2D eigenvalue weighted by Crippen LogP contribution is -2.16. The third kappa shape index (κ3) is 5.62. The minimum Gasteiger partial charge on any atom is -0.494 e. The van der Waals surface area contributed by atoms with Gasteiger partial charge in [0.05, 0.1) is 19.0 Å². The van der Waals surface area contributed by atoms with Gasteiger partial charge in [0.1, 0.15) is 16.3 Å². The van der Waals surface area contributed by atoms with Crippen molar-refractivity contribution in [2.75, 3.05) is 30.0 Å². The first-order chi connectivity index (χ1) is 13.5. The molecule has 0 aliphatic rings. The van der Waals surface area contributed by atoms with Gasteiger partial charge < -0.3 is 14.8 Å². The second-order valence-corrected chi connectivity index (χ2v) is 8.02. The molecule has 0 spiro atoms. The molecule has 0 radical (unpaired) electrons. The quantitative estimate of drug-likeness (QED) is 0.327. The fraction of sp³-hybridized carbons (Fsp3) is 0.333. The molecule has 28 heavy (non-hydrogen) atoms. The Morgan fingerprint density at radius 3 is 2.54 bits per heavy atom. The minimum atomic E-state index is -0.440. The molecule has 1 amide bonds. The largest absolute Gasteiger partial charge is 0.494 e. The third-order valence-electron chi connectivity index (χ3n) is 3.74. The number of anilines is 1. The van der Waals surface area contributed by atoms with Gasteiger partial charge in [-0.1, -0.05) is 18.2 Å². The van der Waals surface area contributed by atoms with Crippen molar-refractivity contribution in [1.29, 1.82) is 0 Å². The predicted octanol–water partition coefficient (Wildman–Crippen LogP) is 5.16. The Bertz CT molecular complexity index is 828. The Hall–Kier alpha value is -2.25. The molecule has 0 aliphatic heterocycles. The zero-order valence-corrected chi connectivity index (χ0v) is 18.0. The van der Waals surface area contributed by atoms with Crippen LogP contribution in [0.4, 0.5) is 5.00 Å². The van der Waals surface area contributed by atoms with Gasteiger partial charge in [0.25, 0.3) is 0 Å². The maximum Gasteiger partial charge on any atom is 0.341 e. The van der Waals surface area contributed by atoms with Crippen molar-refractivity contribution in [3.05, 3.63) is 47.4 Å². The number of hydrogen-bond acceptors (Lipinski definition) is 6. The molecule has 0 aliphatic carbocycles. The van der Waals surface area contributed by atoms with Crippen LogP contribution in [-0.2, 0) is 9.53 Å². The van der Waals surface area contributed by atoms with E-state index in [1.807, 2.05) is 38.1 Å². The summed E-state index contributed by atoms with van der Waals surface area (Å²) in [7, 11) is 0. The van der Waals surface area contributed by atoms with E-state index in [0.29, 0.717) is 28.7 Å². The number of ether oxygens (including phenoxy) is 2. The number of hydrogen-bond donors (Lipinski definition) is 1. The molecule has 2 rings (SSSR count). The Morgan fingerprint density at radius 1 is 1.21 bits per heavy atom. The summed E-state index contributed by atoms with van der Waals surface area (Å²) in [5, 5.41) is 3.39. The van der Waals surface area contributed by atoms with Crippen LogP contribution in [-0.4, -0.2) is 36.6 Å². The van der Waals surface area contributed by atoms with Crippen molar-refractivity contribution in [3.63, 3.8) is 0 Å². The molecule has 1 aromatic heterocycles. The van der Waals surface area contributed by atoms with E-state index in [0.717, 1.165) is 21.8 Å². The van der Waals surface area contributed by atoms with E-state index >= 15 is 0 Å². The molecule has 7 heteroatoms. The van der Waals surface area contributed by atoms with Gasteiger partial charge in [-0.3, -0.25) is 4.79 Å². The Kier molecular flexibility index (Phi) is 8.60. The van der Waals surface area contributed by atoms with Gasteiger partial charge in [-0.25, -0.2) is 4.79 Å². The van der Waals surface area contributed by atoms with Gasteiger partial charge in [-0.15, -0.1) is 29.7 Å². The lowest BCUT2D eigenvalue weighted by molar-refractivity contribution is -0.113. The minimum absolute atomic E-state index is 0.156. The Labute approximate surface area is 174 Å². The summed E-state index contributed by atoms with van der Waals surface area (Å²) in [5.41, 5.74) is 2.05. The van der Waals surface area contributed by atoms with Crippen molar-refractivity contribution in [1.82, 2.24) is 0 Å². The number of carbonyl (C=O) groups is 2. The van der Waals surface area contributed by atoms with Crippen LogP contribution in [0, 0.1) is 6.92 Å². The second kappa shape index (κ2) is 10.9. The highest BCUT2D eigenvalue weighted by Crippen LogP contribution is 2.40. The summed E-state index contributed by atoms with van der Waals surface area (Å²) >= 11 is 2.84. The van der Waals surface area contributed by atoms with Crippen LogP contribution in [0.25, 0.3) is 11.1 Å². The van der Waals surface area contributed by atoms with Crippen LogP contribution in [0.15, 0.2) is 36.9 Å². The van der Waals surface area contributed by atoms with Crippen molar-refractivity contribution < 1.29 is 19.1 Å². The summed E-state index contributed by atoms with van der Waals surface area (Å²) in [6.45, 7) is 10.1. The number of aryl methyl sites for hydroxylation is 1. The fourth-order valence-corrected chi connectivity index (χ4v) is 4.28. The lowest BCUT2D eigenvalue weighted by Gasteiger charge is -2.10. The molecule has 0 atom stereocenters. The summed E-state index contributed by atoms with van der Waals surface area (Å²) < 4.78 is 10.8. The first-order valence-electron chi connectivity index (χ1n) is 9.04. The van der Waals surface area contributed by atoms with E-state index < -0.39 is 5.97 Å². The van der Waals surface area contributed by atoms with Crippen molar-refractivity contribution >= 4 is 40.0 Å². The monoisotopic (exact) mass is 419 g/mol. The highest BCUT2D eigenvalue weighted by atomic mass is 32.2. The molecule has 1 aromatic carbocycles. The molecule has 0 fully saturated rings. The second-order valence-electron chi connectivity index (χ2n) is 5.77. The zero-order chi connectivity index (χ0) is 20.5. The van der Waals surface area contributed by atoms with Gasteiger partial charge in [-0.2, -0.15) is 0 Å². The van der Waals surface area contributed by atoms with Crippen molar-refractivity contribution in [2.45, 2.75) is 20.8 Å². The zero-order valence-electron chi connectivity index (χ0n) is 16.4. The standard InChI is InChI=1S/C21H25NO4S2/c1-5-12-27-13-17(23)22-20-19(21(24)26-7-3)18(14(4)28-20)15-8-10-16(11-9-15)25-6-2/h5,8-11H,1,6-7,12-13H2,2-4H3,(H,22,23). The molecule has 150 valence electrons. The van der Waals surface area contributed by atoms with Crippen LogP contribution in [0.1, 0.15) is 29.1 Å². The highest BCUT2D eigenvalue weighted by molar-refractivity contribution is 8.00.